The average Bonchev–Trinajstić information content (AvgIpc) is 2.98. The van der Waals surface area contributed by atoms with Crippen molar-refractivity contribution < 1.29 is 4.79 Å². The molecule has 4 heteroatoms. The summed E-state index contributed by atoms with van der Waals surface area (Å²) in [6.07, 6.45) is 7.38. The maximum absolute atomic E-state index is 11.9. The van der Waals surface area contributed by atoms with E-state index in [9.17, 15) is 4.79 Å². The minimum atomic E-state index is -0.0686. The number of carbonyl (C=O) groups is 1. The Morgan fingerprint density at radius 2 is 2.31 bits per heavy atom. The SMILES string of the molecule is CCCC1(NC(=O)c2cncc(Cl)c2)CC1. The lowest BCUT2D eigenvalue weighted by Crippen LogP contribution is -2.36. The summed E-state index contributed by atoms with van der Waals surface area (Å²) < 4.78 is 0. The number of carbonyl (C=O) groups excluding carboxylic acids is 1. The van der Waals surface area contributed by atoms with Gasteiger partial charge in [0.05, 0.1) is 10.6 Å². The molecule has 0 spiro atoms. The van der Waals surface area contributed by atoms with Crippen molar-refractivity contribution >= 4 is 17.5 Å². The average molecular weight is 239 g/mol. The summed E-state index contributed by atoms with van der Waals surface area (Å²) in [5.74, 6) is -0.0686. The number of pyridine rings is 1. The van der Waals surface area contributed by atoms with E-state index in [0.717, 1.165) is 25.7 Å². The molecule has 1 N–H and O–H groups in total. The van der Waals surface area contributed by atoms with Crippen LogP contribution in [0.3, 0.4) is 0 Å². The van der Waals surface area contributed by atoms with Crippen molar-refractivity contribution in [3.8, 4) is 0 Å². The van der Waals surface area contributed by atoms with E-state index >= 15 is 0 Å². The zero-order chi connectivity index (χ0) is 11.6. The van der Waals surface area contributed by atoms with E-state index in [4.69, 9.17) is 11.6 Å². The van der Waals surface area contributed by atoms with Crippen LogP contribution in [0.4, 0.5) is 0 Å². The summed E-state index contributed by atoms with van der Waals surface area (Å²) in [5.41, 5.74) is 0.587. The molecule has 16 heavy (non-hydrogen) atoms. The van der Waals surface area contributed by atoms with Gasteiger partial charge in [0.1, 0.15) is 0 Å². The van der Waals surface area contributed by atoms with Gasteiger partial charge >= 0.3 is 0 Å². The van der Waals surface area contributed by atoms with E-state index in [2.05, 4.69) is 17.2 Å². The van der Waals surface area contributed by atoms with Crippen molar-refractivity contribution in [3.63, 3.8) is 0 Å². The van der Waals surface area contributed by atoms with E-state index in [-0.39, 0.29) is 11.4 Å². The molecule has 0 aliphatic heterocycles. The molecule has 1 aliphatic rings. The van der Waals surface area contributed by atoms with Gasteiger partial charge in [0.15, 0.2) is 0 Å². The number of halogens is 1. The van der Waals surface area contributed by atoms with Crippen molar-refractivity contribution in [3.05, 3.63) is 29.0 Å². The van der Waals surface area contributed by atoms with Crippen LogP contribution in [-0.4, -0.2) is 16.4 Å². The van der Waals surface area contributed by atoms with Crippen LogP contribution in [0.15, 0.2) is 18.5 Å². The molecule has 3 nitrogen and oxygen atoms in total. The standard InChI is InChI=1S/C12H15ClN2O/c1-2-3-12(4-5-12)15-11(16)9-6-10(13)8-14-7-9/h6-8H,2-5H2,1H3,(H,15,16). The van der Waals surface area contributed by atoms with E-state index < -0.39 is 0 Å². The molecule has 1 saturated carbocycles. The highest BCUT2D eigenvalue weighted by molar-refractivity contribution is 6.30. The maximum Gasteiger partial charge on any atom is 0.253 e. The molecule has 1 fully saturated rings. The molecule has 0 bridgehead atoms. The number of hydrogen-bond donors (Lipinski definition) is 1. The topological polar surface area (TPSA) is 42.0 Å². The molecule has 86 valence electrons. The first-order chi connectivity index (χ1) is 7.65. The lowest BCUT2D eigenvalue weighted by atomic mass is 10.1. The Hall–Kier alpha value is -1.09. The number of nitrogens with zero attached hydrogens (tertiary/aromatic N) is 1. The first-order valence-corrected chi connectivity index (χ1v) is 5.96. The van der Waals surface area contributed by atoms with Gasteiger partial charge in [-0.25, -0.2) is 0 Å². The van der Waals surface area contributed by atoms with Crippen LogP contribution in [0.1, 0.15) is 43.0 Å². The van der Waals surface area contributed by atoms with Gasteiger partial charge in [-0.05, 0) is 25.3 Å². The lowest BCUT2D eigenvalue weighted by molar-refractivity contribution is 0.0928. The summed E-state index contributed by atoms with van der Waals surface area (Å²) in [4.78, 5) is 15.8. The first kappa shape index (κ1) is 11.4. The summed E-state index contributed by atoms with van der Waals surface area (Å²) in [5, 5.41) is 3.57. The van der Waals surface area contributed by atoms with Gasteiger partial charge in [-0.3, -0.25) is 9.78 Å². The van der Waals surface area contributed by atoms with Crippen LogP contribution in [0.2, 0.25) is 5.02 Å². The van der Waals surface area contributed by atoms with E-state index in [1.807, 2.05) is 0 Å². The summed E-state index contributed by atoms with van der Waals surface area (Å²) in [6.45, 7) is 2.13. The minimum absolute atomic E-state index is 0.0498. The number of nitrogens with one attached hydrogen (secondary N) is 1. The summed E-state index contributed by atoms with van der Waals surface area (Å²) in [6, 6.07) is 1.64. The Kier molecular flexibility index (Phi) is 3.15. The van der Waals surface area contributed by atoms with E-state index in [0.29, 0.717) is 10.6 Å². The van der Waals surface area contributed by atoms with Crippen LogP contribution in [0, 0.1) is 0 Å². The fourth-order valence-electron chi connectivity index (χ4n) is 1.92. The Bertz CT molecular complexity index is 402. The number of rotatable bonds is 4. The van der Waals surface area contributed by atoms with Crippen molar-refractivity contribution in [2.75, 3.05) is 0 Å². The molecule has 1 amide bonds. The third-order valence-corrected chi connectivity index (χ3v) is 3.13. The Morgan fingerprint density at radius 3 is 2.88 bits per heavy atom. The van der Waals surface area contributed by atoms with Crippen molar-refractivity contribution in [1.29, 1.82) is 0 Å². The molecular formula is C12H15ClN2O. The molecule has 1 aromatic rings. The normalized spacial score (nSPS) is 16.9. The maximum atomic E-state index is 11.9. The highest BCUT2D eigenvalue weighted by atomic mass is 35.5. The third-order valence-electron chi connectivity index (χ3n) is 2.93. The second-order valence-electron chi connectivity index (χ2n) is 4.38. The molecular weight excluding hydrogens is 224 g/mol. The van der Waals surface area contributed by atoms with Crippen molar-refractivity contribution in [2.45, 2.75) is 38.1 Å². The van der Waals surface area contributed by atoms with Gasteiger partial charge < -0.3 is 5.32 Å². The molecule has 0 saturated heterocycles. The number of hydrogen-bond acceptors (Lipinski definition) is 2. The number of aromatic nitrogens is 1. The molecule has 0 aromatic carbocycles. The van der Waals surface area contributed by atoms with Crippen LogP contribution in [0.25, 0.3) is 0 Å². The molecule has 1 aliphatic carbocycles. The van der Waals surface area contributed by atoms with Crippen LogP contribution in [-0.2, 0) is 0 Å². The van der Waals surface area contributed by atoms with Gasteiger partial charge in [-0.1, -0.05) is 24.9 Å². The predicted octanol–water partition coefficient (Wildman–Crippen LogP) is 2.80. The Labute approximate surface area is 100 Å². The van der Waals surface area contributed by atoms with Gasteiger partial charge in [-0.2, -0.15) is 0 Å². The second-order valence-corrected chi connectivity index (χ2v) is 4.81. The molecule has 0 radical (unpaired) electrons. The Balaban J connectivity index is 2.03. The smallest absolute Gasteiger partial charge is 0.253 e. The van der Waals surface area contributed by atoms with Gasteiger partial charge in [0.2, 0.25) is 0 Å². The molecule has 1 aromatic heterocycles. The molecule has 1 heterocycles. The fraction of sp³-hybridized carbons (Fsp3) is 0.500. The van der Waals surface area contributed by atoms with Crippen molar-refractivity contribution in [2.24, 2.45) is 0 Å². The third kappa shape index (κ3) is 2.53. The van der Waals surface area contributed by atoms with Crippen LogP contribution < -0.4 is 5.32 Å². The molecule has 0 unspecified atom stereocenters. The van der Waals surface area contributed by atoms with E-state index in [1.165, 1.54) is 6.20 Å². The van der Waals surface area contributed by atoms with E-state index in [1.54, 1.807) is 12.3 Å². The lowest BCUT2D eigenvalue weighted by Gasteiger charge is -2.16. The highest BCUT2D eigenvalue weighted by Gasteiger charge is 2.42. The van der Waals surface area contributed by atoms with Gasteiger partial charge in [0.25, 0.3) is 5.91 Å². The molecule has 2 rings (SSSR count). The quantitative estimate of drug-likeness (QED) is 0.877. The highest BCUT2D eigenvalue weighted by Crippen LogP contribution is 2.39. The zero-order valence-corrected chi connectivity index (χ0v) is 10.0. The monoisotopic (exact) mass is 238 g/mol. The van der Waals surface area contributed by atoms with Crippen molar-refractivity contribution in [1.82, 2.24) is 10.3 Å². The van der Waals surface area contributed by atoms with Gasteiger partial charge in [-0.15, -0.1) is 0 Å². The minimum Gasteiger partial charge on any atom is -0.347 e. The molecule has 0 atom stereocenters. The fourth-order valence-corrected chi connectivity index (χ4v) is 2.09. The number of amides is 1. The Morgan fingerprint density at radius 1 is 1.56 bits per heavy atom. The first-order valence-electron chi connectivity index (χ1n) is 5.58. The zero-order valence-electron chi connectivity index (χ0n) is 9.29. The second kappa shape index (κ2) is 4.42. The summed E-state index contributed by atoms with van der Waals surface area (Å²) >= 11 is 5.79. The largest absolute Gasteiger partial charge is 0.347 e. The van der Waals surface area contributed by atoms with Gasteiger partial charge in [0, 0.05) is 17.9 Å². The predicted molar refractivity (Wildman–Crippen MR) is 63.6 cm³/mol. The van der Waals surface area contributed by atoms with Crippen LogP contribution in [0.5, 0.6) is 0 Å². The van der Waals surface area contributed by atoms with Crippen LogP contribution >= 0.6 is 11.6 Å². The summed E-state index contributed by atoms with van der Waals surface area (Å²) in [7, 11) is 0.